The predicted molar refractivity (Wildman–Crippen MR) is 62.5 cm³/mol. The van der Waals surface area contributed by atoms with E-state index in [2.05, 4.69) is 20.3 Å². The molecule has 0 aliphatic heterocycles. The van der Waals surface area contributed by atoms with Crippen LogP contribution in [0, 0.1) is 18.8 Å². The zero-order valence-electron chi connectivity index (χ0n) is 8.62. The Hall–Kier alpha value is -0.621. The fourth-order valence-corrected chi connectivity index (χ4v) is 1.89. The van der Waals surface area contributed by atoms with Gasteiger partial charge in [-0.05, 0) is 23.5 Å². The van der Waals surface area contributed by atoms with Gasteiger partial charge in [-0.3, -0.25) is 0 Å². The van der Waals surface area contributed by atoms with Gasteiger partial charge in [0.1, 0.15) is 0 Å². The van der Waals surface area contributed by atoms with Crippen molar-refractivity contribution in [3.63, 3.8) is 0 Å². The normalized spacial score (nSPS) is 9.69. The number of hydrogen-bond donors (Lipinski definition) is 0. The summed E-state index contributed by atoms with van der Waals surface area (Å²) in [6, 6.07) is 9.47. The van der Waals surface area contributed by atoms with Gasteiger partial charge in [0, 0.05) is 32.1 Å². The van der Waals surface area contributed by atoms with Gasteiger partial charge < -0.3 is 4.98 Å². The summed E-state index contributed by atoms with van der Waals surface area (Å²) in [7, 11) is 2.61. The molecular formula is C12H10FIrNP-. The third-order valence-electron chi connectivity index (χ3n) is 2.07. The van der Waals surface area contributed by atoms with Gasteiger partial charge in [-0.1, -0.05) is 6.07 Å². The molecule has 2 rings (SSSR count). The van der Waals surface area contributed by atoms with Crippen molar-refractivity contribution >= 4 is 14.5 Å². The second-order valence-corrected chi connectivity index (χ2v) is 3.98. The molecule has 1 heterocycles. The molecule has 0 aliphatic carbocycles. The van der Waals surface area contributed by atoms with Crippen LogP contribution >= 0.6 is 9.24 Å². The molecule has 85 valence electrons. The van der Waals surface area contributed by atoms with Crippen molar-refractivity contribution in [2.45, 2.75) is 6.92 Å². The molecule has 0 bridgehead atoms. The Morgan fingerprint density at radius 2 is 2.12 bits per heavy atom. The Kier molecular flexibility index (Phi) is 4.73. The molecule has 2 aromatic rings. The van der Waals surface area contributed by atoms with E-state index in [1.807, 2.05) is 13.0 Å². The molecule has 0 aliphatic rings. The SMILES string of the molecule is Cc1cnc(-c2[c-]c(F)ccc2)c(P)c1.[Ir]. The number of nitrogens with zero attached hydrogens (tertiary/aromatic N) is 1. The van der Waals surface area contributed by atoms with Crippen LogP contribution in [-0.2, 0) is 20.1 Å². The predicted octanol–water partition coefficient (Wildman–Crippen LogP) is 2.49. The number of benzene rings is 1. The summed E-state index contributed by atoms with van der Waals surface area (Å²) in [6.07, 6.45) is 1.77. The summed E-state index contributed by atoms with van der Waals surface area (Å²) in [6.45, 7) is 1.97. The van der Waals surface area contributed by atoms with Gasteiger partial charge in [0.15, 0.2) is 0 Å². The molecule has 1 aromatic heterocycles. The maximum Gasteiger partial charge on any atom is 0.0405 e. The molecule has 0 saturated heterocycles. The fraction of sp³-hybridized carbons (Fsp3) is 0.0833. The van der Waals surface area contributed by atoms with Crippen LogP contribution in [0.2, 0.25) is 0 Å². The summed E-state index contributed by atoms with van der Waals surface area (Å²) in [5.41, 5.74) is 2.52. The monoisotopic (exact) mass is 411 g/mol. The summed E-state index contributed by atoms with van der Waals surface area (Å²) < 4.78 is 13.0. The van der Waals surface area contributed by atoms with Crippen molar-refractivity contribution in [2.24, 2.45) is 0 Å². The van der Waals surface area contributed by atoms with Crippen LogP contribution in [0.25, 0.3) is 11.3 Å². The quantitative estimate of drug-likeness (QED) is 0.520. The van der Waals surface area contributed by atoms with Crippen LogP contribution in [0.4, 0.5) is 4.39 Å². The van der Waals surface area contributed by atoms with Crippen LogP contribution in [0.3, 0.4) is 0 Å². The molecular weight excluding hydrogens is 400 g/mol. The van der Waals surface area contributed by atoms with E-state index < -0.39 is 0 Å². The second-order valence-electron chi connectivity index (χ2n) is 3.36. The Balaban J connectivity index is 0.00000128. The van der Waals surface area contributed by atoms with E-state index in [0.717, 1.165) is 16.6 Å². The second kappa shape index (κ2) is 5.63. The molecule has 1 radical (unpaired) electrons. The van der Waals surface area contributed by atoms with Crippen molar-refractivity contribution in [1.82, 2.24) is 4.98 Å². The van der Waals surface area contributed by atoms with Crippen molar-refractivity contribution in [3.05, 3.63) is 47.9 Å². The Morgan fingerprint density at radius 1 is 1.38 bits per heavy atom. The first-order valence-electron chi connectivity index (χ1n) is 4.57. The zero-order chi connectivity index (χ0) is 10.8. The van der Waals surface area contributed by atoms with Crippen LogP contribution < -0.4 is 5.30 Å². The van der Waals surface area contributed by atoms with E-state index in [1.54, 1.807) is 18.3 Å². The maximum atomic E-state index is 13.0. The average molecular weight is 410 g/mol. The summed E-state index contributed by atoms with van der Waals surface area (Å²) in [5, 5.41) is 0.955. The topological polar surface area (TPSA) is 12.9 Å². The minimum atomic E-state index is -0.362. The van der Waals surface area contributed by atoms with Crippen molar-refractivity contribution < 1.29 is 24.5 Å². The van der Waals surface area contributed by atoms with Gasteiger partial charge in [-0.15, -0.1) is 39.1 Å². The van der Waals surface area contributed by atoms with E-state index in [0.29, 0.717) is 5.56 Å². The third kappa shape index (κ3) is 2.95. The van der Waals surface area contributed by atoms with Crippen molar-refractivity contribution in [2.75, 3.05) is 0 Å². The van der Waals surface area contributed by atoms with E-state index in [9.17, 15) is 4.39 Å². The maximum absolute atomic E-state index is 13.0. The van der Waals surface area contributed by atoms with Gasteiger partial charge in [-0.2, -0.15) is 0 Å². The molecule has 0 fully saturated rings. The van der Waals surface area contributed by atoms with Crippen molar-refractivity contribution in [3.8, 4) is 11.3 Å². The minimum Gasteiger partial charge on any atom is -0.304 e. The molecule has 1 unspecified atom stereocenters. The van der Waals surface area contributed by atoms with Gasteiger partial charge in [-0.25, -0.2) is 4.39 Å². The molecule has 0 saturated carbocycles. The molecule has 4 heteroatoms. The molecule has 0 spiro atoms. The van der Waals surface area contributed by atoms with Crippen LogP contribution in [0.5, 0.6) is 0 Å². The Bertz CT molecular complexity index is 502. The largest absolute Gasteiger partial charge is 0.304 e. The summed E-state index contributed by atoms with van der Waals surface area (Å²) in [5.74, 6) is -0.362. The van der Waals surface area contributed by atoms with Crippen LogP contribution in [0.1, 0.15) is 5.56 Å². The fourth-order valence-electron chi connectivity index (χ4n) is 1.40. The number of pyridine rings is 1. The van der Waals surface area contributed by atoms with E-state index >= 15 is 0 Å². The Labute approximate surface area is 110 Å². The first-order valence-corrected chi connectivity index (χ1v) is 5.15. The van der Waals surface area contributed by atoms with E-state index in [4.69, 9.17) is 0 Å². The zero-order valence-corrected chi connectivity index (χ0v) is 12.2. The van der Waals surface area contributed by atoms with Crippen LogP contribution in [-0.4, -0.2) is 4.98 Å². The van der Waals surface area contributed by atoms with Gasteiger partial charge in [0.2, 0.25) is 0 Å². The number of aryl methyl sites for hydroxylation is 1. The average Bonchev–Trinajstić information content (AvgIpc) is 2.17. The van der Waals surface area contributed by atoms with Crippen LogP contribution in [0.15, 0.2) is 30.5 Å². The van der Waals surface area contributed by atoms with Gasteiger partial charge >= 0.3 is 0 Å². The first kappa shape index (κ1) is 13.4. The molecule has 0 amide bonds. The number of hydrogen-bond acceptors (Lipinski definition) is 1. The summed E-state index contributed by atoms with van der Waals surface area (Å²) in [4.78, 5) is 4.27. The van der Waals surface area contributed by atoms with E-state index in [-0.39, 0.29) is 25.9 Å². The third-order valence-corrected chi connectivity index (χ3v) is 2.51. The summed E-state index contributed by atoms with van der Waals surface area (Å²) >= 11 is 0. The van der Waals surface area contributed by atoms with Gasteiger partial charge in [0.05, 0.1) is 0 Å². The number of halogens is 1. The van der Waals surface area contributed by atoms with E-state index in [1.165, 1.54) is 6.07 Å². The number of aromatic nitrogens is 1. The molecule has 0 N–H and O–H groups in total. The molecule has 1 nitrogen and oxygen atoms in total. The molecule has 1 atom stereocenters. The molecule has 1 aromatic carbocycles. The Morgan fingerprint density at radius 3 is 2.75 bits per heavy atom. The first-order chi connectivity index (χ1) is 7.16. The minimum absolute atomic E-state index is 0. The van der Waals surface area contributed by atoms with Gasteiger partial charge in [0.25, 0.3) is 0 Å². The smallest absolute Gasteiger partial charge is 0.0405 e. The van der Waals surface area contributed by atoms with Crippen molar-refractivity contribution in [1.29, 1.82) is 0 Å². The number of rotatable bonds is 1. The standard InChI is InChI=1S/C12H10FNP.Ir/c1-8-5-11(15)12(14-7-8)9-3-2-4-10(13)6-9;/h2-5,7H,15H2,1H3;/q-1;. The molecule has 16 heavy (non-hydrogen) atoms.